The fourth-order valence-electron chi connectivity index (χ4n) is 2.34. The summed E-state index contributed by atoms with van der Waals surface area (Å²) in [6, 6.07) is 17.8. The molecule has 2 rings (SSSR count). The molecule has 2 aromatic carbocycles. The molecule has 0 aliphatic carbocycles. The Morgan fingerprint density at radius 2 is 1.69 bits per heavy atom. The van der Waals surface area contributed by atoms with Crippen molar-refractivity contribution < 1.29 is 17.9 Å². The number of hydrogen-bond donors (Lipinski definition) is 1. The lowest BCUT2D eigenvalue weighted by Crippen LogP contribution is -2.51. The zero-order chi connectivity index (χ0) is 19.0. The first-order chi connectivity index (χ1) is 12.4. The molecule has 0 spiro atoms. The Hall–Kier alpha value is -2.56. The molecule has 0 aromatic heterocycles. The third-order valence-corrected chi connectivity index (χ3v) is 5.33. The number of sulfonamides is 1. The maximum atomic E-state index is 12.5. The average Bonchev–Trinajstić information content (AvgIpc) is 2.66. The maximum absolute atomic E-state index is 12.5. The monoisotopic (exact) mass is 374 g/mol. The van der Waals surface area contributed by atoms with Crippen LogP contribution in [-0.2, 0) is 15.8 Å². The molecule has 0 aliphatic heterocycles. The van der Waals surface area contributed by atoms with E-state index < -0.39 is 15.6 Å². The number of ether oxygens (including phenoxy) is 2. The van der Waals surface area contributed by atoms with E-state index in [9.17, 15) is 13.7 Å². The molecule has 0 radical (unpaired) electrons. The number of nitrogens with zero attached hydrogens (tertiary/aromatic N) is 1. The third-order valence-electron chi connectivity index (χ3n) is 3.91. The zero-order valence-electron chi connectivity index (χ0n) is 14.8. The second-order valence-electron chi connectivity index (χ2n) is 5.86. The highest BCUT2D eigenvalue weighted by molar-refractivity contribution is 7.88. The van der Waals surface area contributed by atoms with Crippen LogP contribution in [0.1, 0.15) is 18.9 Å². The van der Waals surface area contributed by atoms with Crippen molar-refractivity contribution in [2.45, 2.75) is 24.6 Å². The van der Waals surface area contributed by atoms with Crippen LogP contribution in [0.5, 0.6) is 11.5 Å². The normalized spacial score (nSPS) is 13.4. The van der Waals surface area contributed by atoms with Gasteiger partial charge in [-0.05, 0) is 36.2 Å². The Balaban J connectivity index is 2.08. The Bertz CT molecular complexity index is 845. The number of benzene rings is 2. The van der Waals surface area contributed by atoms with E-state index >= 15 is 0 Å². The summed E-state index contributed by atoms with van der Waals surface area (Å²) in [6.07, 6.45) is 0.272. The van der Waals surface area contributed by atoms with Gasteiger partial charge in [0.05, 0.1) is 18.9 Å². The summed E-state index contributed by atoms with van der Waals surface area (Å²) >= 11 is 0. The Morgan fingerprint density at radius 1 is 1.08 bits per heavy atom. The molecule has 2 aromatic rings. The van der Waals surface area contributed by atoms with Gasteiger partial charge in [-0.1, -0.05) is 37.3 Å². The molecule has 1 unspecified atom stereocenters. The SMILES string of the molecule is CCC(C#N)(COc1ccc(OC)cc1)NS(=O)(=O)Cc1ccccc1. The lowest BCUT2D eigenvalue weighted by Gasteiger charge is -2.26. The van der Waals surface area contributed by atoms with Gasteiger partial charge < -0.3 is 9.47 Å². The predicted octanol–water partition coefficient (Wildman–Crippen LogP) is 2.87. The molecular formula is C19H22N2O4S. The van der Waals surface area contributed by atoms with Crippen LogP contribution in [-0.4, -0.2) is 27.7 Å². The number of nitrogens with one attached hydrogen (secondary N) is 1. The van der Waals surface area contributed by atoms with E-state index in [1.54, 1.807) is 62.6 Å². The van der Waals surface area contributed by atoms with Crippen LogP contribution in [0, 0.1) is 11.3 Å². The molecular weight excluding hydrogens is 352 g/mol. The van der Waals surface area contributed by atoms with Gasteiger partial charge in [0.2, 0.25) is 10.0 Å². The fraction of sp³-hybridized carbons (Fsp3) is 0.316. The van der Waals surface area contributed by atoms with E-state index in [0.717, 1.165) is 0 Å². The fourth-order valence-corrected chi connectivity index (χ4v) is 3.89. The molecule has 0 saturated heterocycles. The smallest absolute Gasteiger partial charge is 0.217 e. The minimum Gasteiger partial charge on any atom is -0.497 e. The molecule has 0 saturated carbocycles. The third kappa shape index (κ3) is 5.48. The van der Waals surface area contributed by atoms with Crippen LogP contribution in [0.25, 0.3) is 0 Å². The van der Waals surface area contributed by atoms with E-state index in [-0.39, 0.29) is 18.8 Å². The Kier molecular flexibility index (Phi) is 6.61. The molecule has 1 atom stereocenters. The zero-order valence-corrected chi connectivity index (χ0v) is 15.6. The highest BCUT2D eigenvalue weighted by atomic mass is 32.2. The van der Waals surface area contributed by atoms with Crippen LogP contribution in [0.4, 0.5) is 0 Å². The standard InChI is InChI=1S/C19H22N2O4S/c1-3-19(14-20,15-25-18-11-9-17(24-2)10-12-18)21-26(22,23)13-16-7-5-4-6-8-16/h4-12,21H,3,13,15H2,1-2H3. The van der Waals surface area contributed by atoms with Crippen molar-refractivity contribution >= 4 is 10.0 Å². The van der Waals surface area contributed by atoms with Gasteiger partial charge >= 0.3 is 0 Å². The average molecular weight is 374 g/mol. The van der Waals surface area contributed by atoms with Gasteiger partial charge in [-0.25, -0.2) is 8.42 Å². The van der Waals surface area contributed by atoms with Crippen LogP contribution in [0.2, 0.25) is 0 Å². The topological polar surface area (TPSA) is 88.4 Å². The van der Waals surface area contributed by atoms with Crippen molar-refractivity contribution in [1.29, 1.82) is 5.26 Å². The molecule has 7 heteroatoms. The minimum absolute atomic E-state index is 0.0969. The highest BCUT2D eigenvalue weighted by Crippen LogP contribution is 2.20. The maximum Gasteiger partial charge on any atom is 0.217 e. The van der Waals surface area contributed by atoms with E-state index in [4.69, 9.17) is 9.47 Å². The summed E-state index contributed by atoms with van der Waals surface area (Å²) < 4.78 is 38.2. The first-order valence-electron chi connectivity index (χ1n) is 8.15. The first-order valence-corrected chi connectivity index (χ1v) is 9.81. The Labute approximate surface area is 154 Å². The summed E-state index contributed by atoms with van der Waals surface area (Å²) in [5.41, 5.74) is -0.688. The molecule has 0 aliphatic rings. The van der Waals surface area contributed by atoms with Crippen LogP contribution in [0.3, 0.4) is 0 Å². The van der Waals surface area contributed by atoms with Gasteiger partial charge in [-0.2, -0.15) is 9.98 Å². The minimum atomic E-state index is -3.70. The predicted molar refractivity (Wildman–Crippen MR) is 99.3 cm³/mol. The van der Waals surface area contributed by atoms with Crippen molar-refractivity contribution in [3.8, 4) is 17.6 Å². The molecule has 0 bridgehead atoms. The lowest BCUT2D eigenvalue weighted by molar-refractivity contribution is 0.236. The summed E-state index contributed by atoms with van der Waals surface area (Å²) in [5.74, 6) is 1.02. The van der Waals surface area contributed by atoms with E-state index in [0.29, 0.717) is 17.1 Å². The van der Waals surface area contributed by atoms with E-state index in [1.807, 2.05) is 6.07 Å². The van der Waals surface area contributed by atoms with E-state index in [1.165, 1.54) is 0 Å². The molecule has 26 heavy (non-hydrogen) atoms. The van der Waals surface area contributed by atoms with Gasteiger partial charge in [-0.15, -0.1) is 0 Å². The van der Waals surface area contributed by atoms with Gasteiger partial charge in [0.1, 0.15) is 18.1 Å². The van der Waals surface area contributed by atoms with Crippen LogP contribution < -0.4 is 14.2 Å². The largest absolute Gasteiger partial charge is 0.497 e. The van der Waals surface area contributed by atoms with Crippen molar-refractivity contribution in [2.75, 3.05) is 13.7 Å². The summed E-state index contributed by atoms with van der Waals surface area (Å²) in [7, 11) is -2.14. The highest BCUT2D eigenvalue weighted by Gasteiger charge is 2.34. The van der Waals surface area contributed by atoms with Crippen LogP contribution in [0.15, 0.2) is 54.6 Å². The van der Waals surface area contributed by atoms with Gasteiger partial charge in [0.15, 0.2) is 5.54 Å². The second kappa shape index (κ2) is 8.70. The second-order valence-corrected chi connectivity index (χ2v) is 7.58. The van der Waals surface area contributed by atoms with Crippen molar-refractivity contribution in [3.63, 3.8) is 0 Å². The molecule has 0 heterocycles. The van der Waals surface area contributed by atoms with E-state index in [2.05, 4.69) is 10.8 Å². The van der Waals surface area contributed by atoms with Crippen molar-refractivity contribution in [1.82, 2.24) is 4.72 Å². The molecule has 0 amide bonds. The first kappa shape index (κ1) is 19.8. The molecule has 138 valence electrons. The van der Waals surface area contributed by atoms with Crippen molar-refractivity contribution in [3.05, 3.63) is 60.2 Å². The van der Waals surface area contributed by atoms with Crippen LogP contribution >= 0.6 is 0 Å². The quantitative estimate of drug-likeness (QED) is 0.729. The molecule has 6 nitrogen and oxygen atoms in total. The molecule has 1 N–H and O–H groups in total. The Morgan fingerprint density at radius 3 is 2.23 bits per heavy atom. The molecule has 0 fully saturated rings. The van der Waals surface area contributed by atoms with Crippen molar-refractivity contribution in [2.24, 2.45) is 0 Å². The summed E-state index contributed by atoms with van der Waals surface area (Å²) in [6.45, 7) is 1.64. The summed E-state index contributed by atoms with van der Waals surface area (Å²) in [4.78, 5) is 0. The van der Waals surface area contributed by atoms with Gasteiger partial charge in [0, 0.05) is 0 Å². The number of nitriles is 1. The number of methoxy groups -OCH3 is 1. The number of rotatable bonds is 9. The van der Waals surface area contributed by atoms with Gasteiger partial charge in [0.25, 0.3) is 0 Å². The van der Waals surface area contributed by atoms with Gasteiger partial charge in [-0.3, -0.25) is 0 Å². The number of hydrogen-bond acceptors (Lipinski definition) is 5. The summed E-state index contributed by atoms with van der Waals surface area (Å²) in [5, 5.41) is 9.59. The lowest BCUT2D eigenvalue weighted by atomic mass is 10.0.